The van der Waals surface area contributed by atoms with Gasteiger partial charge in [-0.1, -0.05) is 18.2 Å². The maximum atomic E-state index is 11.4. The van der Waals surface area contributed by atoms with Gasteiger partial charge in [0, 0.05) is 6.54 Å². The number of aryl methyl sites for hydroxylation is 2. The largest absolute Gasteiger partial charge is 0.468 e. The third-order valence-electron chi connectivity index (χ3n) is 3.19. The predicted molar refractivity (Wildman–Crippen MR) is 75.2 cm³/mol. The lowest BCUT2D eigenvalue weighted by atomic mass is 10.0. The van der Waals surface area contributed by atoms with E-state index in [1.54, 1.807) is 4.90 Å². The summed E-state index contributed by atoms with van der Waals surface area (Å²) in [5.41, 5.74) is 3.37. The van der Waals surface area contributed by atoms with E-state index < -0.39 is 0 Å². The van der Waals surface area contributed by atoms with Crippen molar-refractivity contribution in [1.82, 2.24) is 4.90 Å². The molecule has 5 nitrogen and oxygen atoms in total. The Morgan fingerprint density at radius 1 is 1.00 bits per heavy atom. The van der Waals surface area contributed by atoms with E-state index in [0.717, 1.165) is 16.7 Å². The van der Waals surface area contributed by atoms with Crippen molar-refractivity contribution in [2.75, 3.05) is 27.3 Å². The lowest BCUT2D eigenvalue weighted by Gasteiger charge is -2.22. The standard InChI is InChI=1S/C15H21NO4/c1-11-6-5-7-12(2)13(11)8-16(9-14(17)19-3)10-15(18)20-4/h5-7H,8-10H2,1-4H3. The van der Waals surface area contributed by atoms with Crippen LogP contribution in [0.15, 0.2) is 18.2 Å². The molecule has 20 heavy (non-hydrogen) atoms. The summed E-state index contributed by atoms with van der Waals surface area (Å²) in [7, 11) is 2.66. The maximum Gasteiger partial charge on any atom is 0.319 e. The second-order valence-corrected chi connectivity index (χ2v) is 4.67. The van der Waals surface area contributed by atoms with Crippen LogP contribution in [0.25, 0.3) is 0 Å². The Morgan fingerprint density at radius 3 is 1.85 bits per heavy atom. The average Bonchev–Trinajstić information content (AvgIpc) is 2.42. The summed E-state index contributed by atoms with van der Waals surface area (Å²) in [5.74, 6) is -0.750. The molecule has 0 bridgehead atoms. The highest BCUT2D eigenvalue weighted by molar-refractivity contribution is 5.74. The van der Waals surface area contributed by atoms with E-state index in [4.69, 9.17) is 0 Å². The van der Waals surface area contributed by atoms with Crippen molar-refractivity contribution in [3.8, 4) is 0 Å². The molecule has 0 spiro atoms. The van der Waals surface area contributed by atoms with Crippen LogP contribution in [0.1, 0.15) is 16.7 Å². The van der Waals surface area contributed by atoms with Crippen LogP contribution in [0.3, 0.4) is 0 Å². The first-order valence-electron chi connectivity index (χ1n) is 6.39. The molecule has 0 unspecified atom stereocenters. The van der Waals surface area contributed by atoms with E-state index in [1.807, 2.05) is 32.0 Å². The highest BCUT2D eigenvalue weighted by Gasteiger charge is 2.17. The van der Waals surface area contributed by atoms with Crippen LogP contribution in [0.2, 0.25) is 0 Å². The molecule has 1 aromatic rings. The Morgan fingerprint density at radius 2 is 1.45 bits per heavy atom. The van der Waals surface area contributed by atoms with Gasteiger partial charge in [0.2, 0.25) is 0 Å². The zero-order chi connectivity index (χ0) is 15.1. The van der Waals surface area contributed by atoms with E-state index >= 15 is 0 Å². The lowest BCUT2D eigenvalue weighted by molar-refractivity contribution is -0.145. The fraction of sp³-hybridized carbons (Fsp3) is 0.467. The first-order valence-corrected chi connectivity index (χ1v) is 6.39. The van der Waals surface area contributed by atoms with Crippen LogP contribution < -0.4 is 0 Å². The number of nitrogens with zero attached hydrogens (tertiary/aromatic N) is 1. The monoisotopic (exact) mass is 279 g/mol. The number of hydrogen-bond donors (Lipinski definition) is 0. The Balaban J connectivity index is 2.87. The number of benzene rings is 1. The highest BCUT2D eigenvalue weighted by Crippen LogP contribution is 2.15. The fourth-order valence-corrected chi connectivity index (χ4v) is 1.98. The molecular weight excluding hydrogens is 258 g/mol. The van der Waals surface area contributed by atoms with Crippen molar-refractivity contribution in [3.63, 3.8) is 0 Å². The third-order valence-corrected chi connectivity index (χ3v) is 3.19. The van der Waals surface area contributed by atoms with Gasteiger partial charge in [-0.25, -0.2) is 0 Å². The first kappa shape index (κ1) is 16.2. The summed E-state index contributed by atoms with van der Waals surface area (Å²) < 4.78 is 9.32. The Kier molecular flexibility index (Phi) is 6.18. The van der Waals surface area contributed by atoms with Crippen molar-refractivity contribution in [1.29, 1.82) is 0 Å². The highest BCUT2D eigenvalue weighted by atomic mass is 16.5. The lowest BCUT2D eigenvalue weighted by Crippen LogP contribution is -2.35. The number of esters is 2. The molecule has 0 saturated heterocycles. The summed E-state index contributed by atoms with van der Waals surface area (Å²) in [6, 6.07) is 6.01. The van der Waals surface area contributed by atoms with E-state index in [9.17, 15) is 9.59 Å². The molecule has 0 fully saturated rings. The van der Waals surface area contributed by atoms with E-state index in [2.05, 4.69) is 9.47 Å². The van der Waals surface area contributed by atoms with Gasteiger partial charge in [0.15, 0.2) is 0 Å². The van der Waals surface area contributed by atoms with Gasteiger partial charge >= 0.3 is 11.9 Å². The second kappa shape index (κ2) is 7.65. The summed E-state index contributed by atoms with van der Waals surface area (Å²) in [6.45, 7) is 4.63. The second-order valence-electron chi connectivity index (χ2n) is 4.67. The summed E-state index contributed by atoms with van der Waals surface area (Å²) in [4.78, 5) is 24.6. The van der Waals surface area contributed by atoms with Crippen molar-refractivity contribution >= 4 is 11.9 Å². The van der Waals surface area contributed by atoms with Gasteiger partial charge in [0.05, 0.1) is 27.3 Å². The molecule has 0 atom stereocenters. The van der Waals surface area contributed by atoms with Crippen molar-refractivity contribution in [2.24, 2.45) is 0 Å². The number of methoxy groups -OCH3 is 2. The molecule has 0 aliphatic carbocycles. The third kappa shape index (κ3) is 4.66. The molecule has 0 N–H and O–H groups in total. The minimum absolute atomic E-state index is 0.0549. The Bertz CT molecular complexity index is 447. The molecular formula is C15H21NO4. The van der Waals surface area contributed by atoms with Gasteiger partial charge in [0.1, 0.15) is 0 Å². The van der Waals surface area contributed by atoms with Crippen molar-refractivity contribution in [2.45, 2.75) is 20.4 Å². The van der Waals surface area contributed by atoms with Gasteiger partial charge < -0.3 is 9.47 Å². The average molecular weight is 279 g/mol. The maximum absolute atomic E-state index is 11.4. The molecule has 0 aliphatic rings. The van der Waals surface area contributed by atoms with Crippen LogP contribution in [-0.4, -0.2) is 44.1 Å². The zero-order valence-electron chi connectivity index (χ0n) is 12.4. The predicted octanol–water partition coefficient (Wildman–Crippen LogP) is 1.45. The van der Waals surface area contributed by atoms with Gasteiger partial charge in [-0.05, 0) is 30.5 Å². The molecule has 0 amide bonds. The fourth-order valence-electron chi connectivity index (χ4n) is 1.98. The summed E-state index contributed by atoms with van der Waals surface area (Å²) in [6.07, 6.45) is 0. The van der Waals surface area contributed by atoms with Crippen molar-refractivity contribution < 1.29 is 19.1 Å². The van der Waals surface area contributed by atoms with Gasteiger partial charge in [0.25, 0.3) is 0 Å². The molecule has 1 rings (SSSR count). The number of rotatable bonds is 6. The molecule has 0 aliphatic heterocycles. The topological polar surface area (TPSA) is 55.8 Å². The summed E-state index contributed by atoms with van der Waals surface area (Å²) >= 11 is 0. The number of ether oxygens (including phenoxy) is 2. The van der Waals surface area contributed by atoms with Crippen LogP contribution in [0.4, 0.5) is 0 Å². The SMILES string of the molecule is COC(=O)CN(CC(=O)OC)Cc1c(C)cccc1C. The van der Waals surface area contributed by atoms with Crippen molar-refractivity contribution in [3.05, 3.63) is 34.9 Å². The number of carbonyl (C=O) groups excluding carboxylic acids is 2. The molecule has 0 radical (unpaired) electrons. The smallest absolute Gasteiger partial charge is 0.319 e. The van der Waals surface area contributed by atoms with Crippen LogP contribution in [0, 0.1) is 13.8 Å². The Labute approximate surface area is 119 Å². The minimum Gasteiger partial charge on any atom is -0.468 e. The van der Waals surface area contributed by atoms with E-state index in [0.29, 0.717) is 6.54 Å². The van der Waals surface area contributed by atoms with E-state index in [-0.39, 0.29) is 25.0 Å². The quantitative estimate of drug-likeness (QED) is 0.738. The van der Waals surface area contributed by atoms with Crippen LogP contribution in [0.5, 0.6) is 0 Å². The number of carbonyl (C=O) groups is 2. The molecule has 0 aromatic heterocycles. The normalized spacial score (nSPS) is 10.4. The zero-order valence-corrected chi connectivity index (χ0v) is 12.4. The van der Waals surface area contributed by atoms with Crippen LogP contribution >= 0.6 is 0 Å². The van der Waals surface area contributed by atoms with Gasteiger partial charge in [-0.3, -0.25) is 14.5 Å². The minimum atomic E-state index is -0.375. The van der Waals surface area contributed by atoms with Gasteiger partial charge in [-0.2, -0.15) is 0 Å². The van der Waals surface area contributed by atoms with Crippen LogP contribution in [-0.2, 0) is 25.6 Å². The van der Waals surface area contributed by atoms with E-state index in [1.165, 1.54) is 14.2 Å². The molecule has 110 valence electrons. The molecule has 0 heterocycles. The number of hydrogen-bond acceptors (Lipinski definition) is 5. The Hall–Kier alpha value is -1.88. The summed E-state index contributed by atoms with van der Waals surface area (Å²) in [5, 5.41) is 0. The molecule has 0 saturated carbocycles. The molecule has 1 aromatic carbocycles. The van der Waals surface area contributed by atoms with Gasteiger partial charge in [-0.15, -0.1) is 0 Å². The molecule has 5 heteroatoms. The first-order chi connectivity index (χ1) is 9.47.